The van der Waals surface area contributed by atoms with Gasteiger partial charge in [-0.05, 0) is 56.7 Å². The molecule has 0 aliphatic carbocycles. The van der Waals surface area contributed by atoms with E-state index >= 15 is 0 Å². The number of aliphatic hydroxyl groups is 1. The minimum absolute atomic E-state index is 0.0335. The molecule has 2 aromatic carbocycles. The van der Waals surface area contributed by atoms with Crippen LogP contribution in [0.25, 0.3) is 0 Å². The Labute approximate surface area is 210 Å². The molecule has 0 saturated carbocycles. The number of halogens is 4. The third kappa shape index (κ3) is 6.73. The van der Waals surface area contributed by atoms with E-state index in [-0.39, 0.29) is 40.7 Å². The first kappa shape index (κ1) is 27.0. The summed E-state index contributed by atoms with van der Waals surface area (Å²) >= 11 is 6.18. The Morgan fingerprint density at radius 3 is 2.39 bits per heavy atom. The molecule has 7 nitrogen and oxygen atoms in total. The van der Waals surface area contributed by atoms with Gasteiger partial charge >= 0.3 is 0 Å². The highest BCUT2D eigenvalue weighted by molar-refractivity contribution is 6.35. The lowest BCUT2D eigenvalue weighted by atomic mass is 10.0. The fraction of sp³-hybridized carbons (Fsp3) is 0.240. The number of nitrogens with zero attached hydrogens (tertiary/aromatic N) is 1. The number of ether oxygens (including phenoxy) is 1. The van der Waals surface area contributed by atoms with Gasteiger partial charge in [0.2, 0.25) is 0 Å². The zero-order valence-electron chi connectivity index (χ0n) is 19.6. The maximum atomic E-state index is 14.8. The molecule has 11 heteroatoms. The van der Waals surface area contributed by atoms with Gasteiger partial charge in [-0.1, -0.05) is 17.7 Å². The van der Waals surface area contributed by atoms with E-state index in [0.29, 0.717) is 5.75 Å². The predicted molar refractivity (Wildman–Crippen MR) is 128 cm³/mol. The van der Waals surface area contributed by atoms with Gasteiger partial charge in [0.05, 0.1) is 27.9 Å². The van der Waals surface area contributed by atoms with Crippen LogP contribution in [0.1, 0.15) is 45.7 Å². The number of carbonyl (C=O) groups is 2. The molecule has 0 aliphatic heterocycles. The number of amides is 2. The van der Waals surface area contributed by atoms with E-state index in [1.807, 2.05) is 0 Å². The molecule has 3 rings (SSSR count). The molecule has 0 spiro atoms. The fourth-order valence-electron chi connectivity index (χ4n) is 3.01. The van der Waals surface area contributed by atoms with Gasteiger partial charge in [0.15, 0.2) is 11.6 Å². The average Bonchev–Trinajstić information content (AvgIpc) is 2.82. The Bertz CT molecular complexity index is 1300. The Balaban J connectivity index is 1.75. The van der Waals surface area contributed by atoms with Crippen LogP contribution in [0.15, 0.2) is 42.6 Å². The van der Waals surface area contributed by atoms with Crippen LogP contribution in [0, 0.1) is 24.4 Å². The van der Waals surface area contributed by atoms with Gasteiger partial charge in [-0.25, -0.2) is 18.2 Å². The fourth-order valence-corrected chi connectivity index (χ4v) is 3.24. The van der Waals surface area contributed by atoms with Crippen molar-refractivity contribution in [2.45, 2.75) is 32.9 Å². The molecule has 3 aromatic rings. The molecule has 2 amide bonds. The first-order chi connectivity index (χ1) is 16.9. The van der Waals surface area contributed by atoms with Crippen LogP contribution in [0.4, 0.5) is 19.0 Å². The van der Waals surface area contributed by atoms with Gasteiger partial charge in [0.1, 0.15) is 24.0 Å². The highest BCUT2D eigenvalue weighted by Gasteiger charge is 2.23. The number of hydrogen-bond donors (Lipinski definition) is 3. The summed E-state index contributed by atoms with van der Waals surface area (Å²) in [5.41, 5.74) is -1.52. The summed E-state index contributed by atoms with van der Waals surface area (Å²) in [5.74, 6) is -4.16. The van der Waals surface area contributed by atoms with Crippen LogP contribution in [0.2, 0.25) is 5.02 Å². The van der Waals surface area contributed by atoms with Crippen molar-refractivity contribution in [1.29, 1.82) is 0 Å². The molecule has 0 bridgehead atoms. The number of hydrogen-bond acceptors (Lipinski definition) is 5. The highest BCUT2D eigenvalue weighted by Crippen LogP contribution is 2.27. The monoisotopic (exact) mass is 521 g/mol. The molecule has 1 heterocycles. The lowest BCUT2D eigenvalue weighted by Crippen LogP contribution is -2.27. The predicted octanol–water partition coefficient (Wildman–Crippen LogP) is 4.79. The summed E-state index contributed by atoms with van der Waals surface area (Å²) in [6.07, 6.45) is 1.34. The number of rotatable bonds is 8. The topological polar surface area (TPSA) is 101 Å². The Hall–Kier alpha value is -3.63. The molecule has 0 fully saturated rings. The van der Waals surface area contributed by atoms with Crippen molar-refractivity contribution in [1.82, 2.24) is 10.3 Å². The molecule has 1 aromatic heterocycles. The minimum Gasteiger partial charge on any atom is -0.489 e. The van der Waals surface area contributed by atoms with Crippen LogP contribution in [0.3, 0.4) is 0 Å². The number of carbonyl (C=O) groups excluding carboxylic acids is 2. The Morgan fingerprint density at radius 2 is 1.78 bits per heavy atom. The molecule has 0 radical (unpaired) electrons. The smallest absolute Gasteiger partial charge is 0.258 e. The van der Waals surface area contributed by atoms with E-state index in [4.69, 9.17) is 16.3 Å². The molecular weight excluding hydrogens is 499 g/mol. The molecule has 190 valence electrons. The average molecular weight is 522 g/mol. The van der Waals surface area contributed by atoms with Crippen LogP contribution in [0.5, 0.6) is 5.75 Å². The first-order valence-corrected chi connectivity index (χ1v) is 11.1. The number of pyridine rings is 1. The molecule has 0 saturated heterocycles. The van der Waals surface area contributed by atoms with Gasteiger partial charge in [-0.15, -0.1) is 0 Å². The zero-order chi connectivity index (χ0) is 26.6. The minimum atomic E-state index is -1.08. The van der Waals surface area contributed by atoms with Crippen LogP contribution >= 0.6 is 11.6 Å². The summed E-state index contributed by atoms with van der Waals surface area (Å²) in [7, 11) is 0. The van der Waals surface area contributed by atoms with E-state index in [1.165, 1.54) is 31.3 Å². The summed E-state index contributed by atoms with van der Waals surface area (Å²) in [6.45, 7) is 4.31. The van der Waals surface area contributed by atoms with Gasteiger partial charge in [0.25, 0.3) is 11.8 Å². The number of aromatic nitrogens is 1. The van der Waals surface area contributed by atoms with Gasteiger partial charge in [-0.2, -0.15) is 0 Å². The van der Waals surface area contributed by atoms with Gasteiger partial charge in [0, 0.05) is 12.1 Å². The standard InChI is InChI=1S/C25H23ClF3N3O4/c1-13-21(26)16(24(34)32-20-7-5-15(11-30-20)36-12-25(2,3)35)9-17(22(13)29)23(33)31-10-14-4-6-18(27)19(28)8-14/h4-9,11,35H,10,12H2,1-3H3,(H,31,33)(H,30,32,34). The zero-order valence-corrected chi connectivity index (χ0v) is 20.3. The first-order valence-electron chi connectivity index (χ1n) is 10.7. The molecule has 0 aliphatic rings. The van der Waals surface area contributed by atoms with Crippen LogP contribution < -0.4 is 15.4 Å². The van der Waals surface area contributed by atoms with E-state index < -0.39 is 40.4 Å². The van der Waals surface area contributed by atoms with E-state index in [1.54, 1.807) is 13.8 Å². The lowest BCUT2D eigenvalue weighted by Gasteiger charge is -2.17. The van der Waals surface area contributed by atoms with Crippen molar-refractivity contribution < 1.29 is 32.6 Å². The number of nitrogens with one attached hydrogen (secondary N) is 2. The number of benzene rings is 2. The van der Waals surface area contributed by atoms with Crippen molar-refractivity contribution in [3.63, 3.8) is 0 Å². The highest BCUT2D eigenvalue weighted by atomic mass is 35.5. The maximum absolute atomic E-state index is 14.8. The summed E-state index contributed by atoms with van der Waals surface area (Å²) in [4.78, 5) is 29.5. The van der Waals surface area contributed by atoms with Gasteiger partial charge in [-0.3, -0.25) is 9.59 Å². The number of anilines is 1. The van der Waals surface area contributed by atoms with E-state index in [9.17, 15) is 27.9 Å². The third-order valence-corrected chi connectivity index (χ3v) is 5.40. The second kappa shape index (κ2) is 11.0. The lowest BCUT2D eigenvalue weighted by molar-refractivity contribution is 0.0284. The largest absolute Gasteiger partial charge is 0.489 e. The van der Waals surface area contributed by atoms with E-state index in [0.717, 1.165) is 18.2 Å². The quantitative estimate of drug-likeness (QED) is 0.395. The molecule has 36 heavy (non-hydrogen) atoms. The Kier molecular flexibility index (Phi) is 8.21. The molecule has 3 N–H and O–H groups in total. The van der Waals surface area contributed by atoms with Crippen molar-refractivity contribution >= 4 is 29.2 Å². The second-order valence-electron chi connectivity index (χ2n) is 8.59. The molecular formula is C25H23ClF3N3O4. The SMILES string of the molecule is Cc1c(F)c(C(=O)NCc2ccc(F)c(F)c2)cc(C(=O)Nc2ccc(OCC(C)(C)O)cn2)c1Cl. The van der Waals surface area contributed by atoms with E-state index in [2.05, 4.69) is 15.6 Å². The summed E-state index contributed by atoms with van der Waals surface area (Å²) in [6, 6.07) is 7.08. The summed E-state index contributed by atoms with van der Waals surface area (Å²) < 4.78 is 46.7. The van der Waals surface area contributed by atoms with Crippen molar-refractivity contribution in [2.75, 3.05) is 11.9 Å². The Morgan fingerprint density at radius 1 is 1.06 bits per heavy atom. The second-order valence-corrected chi connectivity index (χ2v) is 8.97. The molecule has 0 atom stereocenters. The van der Waals surface area contributed by atoms with Crippen molar-refractivity contribution in [3.05, 3.63) is 87.3 Å². The van der Waals surface area contributed by atoms with Crippen molar-refractivity contribution in [2.24, 2.45) is 0 Å². The van der Waals surface area contributed by atoms with Crippen LogP contribution in [-0.2, 0) is 6.54 Å². The van der Waals surface area contributed by atoms with Crippen molar-refractivity contribution in [3.8, 4) is 5.75 Å². The van der Waals surface area contributed by atoms with Crippen LogP contribution in [-0.4, -0.2) is 34.1 Å². The summed E-state index contributed by atoms with van der Waals surface area (Å²) in [5, 5.41) is 14.5. The third-order valence-electron chi connectivity index (χ3n) is 4.92. The van der Waals surface area contributed by atoms with Gasteiger partial charge < -0.3 is 20.5 Å². The maximum Gasteiger partial charge on any atom is 0.258 e. The normalized spacial score (nSPS) is 11.2. The molecule has 0 unspecified atom stereocenters.